The van der Waals surface area contributed by atoms with E-state index in [-0.39, 0.29) is 12.0 Å². The number of carbonyl (C=O) groups excluding carboxylic acids is 1. The number of hydrogen-bond donors (Lipinski definition) is 1. The highest BCUT2D eigenvalue weighted by atomic mass is 35.5. The van der Waals surface area contributed by atoms with Crippen LogP contribution in [0.3, 0.4) is 0 Å². The average Bonchev–Trinajstić information content (AvgIpc) is 2.38. The summed E-state index contributed by atoms with van der Waals surface area (Å²) in [6.07, 6.45) is 0.102. The van der Waals surface area contributed by atoms with Crippen molar-refractivity contribution in [3.8, 4) is 5.75 Å². The number of hydrogen-bond acceptors (Lipinski definition) is 3. The Labute approximate surface area is 122 Å². The number of nitrogens with zero attached hydrogens (tertiary/aromatic N) is 1. The highest BCUT2D eigenvalue weighted by Gasteiger charge is 2.07. The molecule has 104 valence electrons. The number of anilines is 1. The maximum Gasteiger partial charge on any atom is 0.256 e. The molecular weight excluding hydrogens is 276 g/mol. The lowest BCUT2D eigenvalue weighted by molar-refractivity contribution is 0.102. The number of halogens is 1. The summed E-state index contributed by atoms with van der Waals surface area (Å²) in [5, 5.41) is 3.02. The van der Waals surface area contributed by atoms with E-state index in [2.05, 4.69) is 10.3 Å². The highest BCUT2D eigenvalue weighted by Crippen LogP contribution is 2.15. The second-order valence-electron chi connectivity index (χ2n) is 4.49. The fourth-order valence-corrected chi connectivity index (χ4v) is 1.79. The molecule has 0 spiro atoms. The first kappa shape index (κ1) is 14.3. The van der Waals surface area contributed by atoms with Crippen molar-refractivity contribution >= 4 is 23.3 Å². The fourth-order valence-electron chi connectivity index (χ4n) is 1.62. The molecule has 4 nitrogen and oxygen atoms in total. The first-order valence-corrected chi connectivity index (χ1v) is 6.63. The molecule has 0 saturated carbocycles. The molecule has 0 atom stereocenters. The molecule has 0 bridgehead atoms. The molecule has 1 heterocycles. The van der Waals surface area contributed by atoms with Crippen molar-refractivity contribution in [3.05, 3.63) is 53.2 Å². The Morgan fingerprint density at radius 2 is 1.90 bits per heavy atom. The van der Waals surface area contributed by atoms with E-state index in [1.165, 1.54) is 0 Å². The summed E-state index contributed by atoms with van der Waals surface area (Å²) >= 11 is 5.76. The van der Waals surface area contributed by atoms with Crippen LogP contribution in [0.2, 0.25) is 5.15 Å². The summed E-state index contributed by atoms with van der Waals surface area (Å²) in [6, 6.07) is 12.0. The zero-order chi connectivity index (χ0) is 14.5. The lowest BCUT2D eigenvalue weighted by atomic mass is 10.2. The van der Waals surface area contributed by atoms with Crippen LogP contribution >= 0.6 is 11.6 Å². The highest BCUT2D eigenvalue weighted by molar-refractivity contribution is 6.29. The Bertz CT molecular complexity index is 597. The van der Waals surface area contributed by atoms with E-state index in [0.29, 0.717) is 16.5 Å². The number of carbonyl (C=O) groups is 1. The minimum Gasteiger partial charge on any atom is -0.491 e. The van der Waals surface area contributed by atoms with Crippen molar-refractivity contribution in [2.45, 2.75) is 20.0 Å². The van der Waals surface area contributed by atoms with Gasteiger partial charge in [-0.25, -0.2) is 4.98 Å². The molecule has 0 aliphatic carbocycles. The lowest BCUT2D eigenvalue weighted by Gasteiger charge is -2.10. The van der Waals surface area contributed by atoms with Gasteiger partial charge in [-0.05, 0) is 50.2 Å². The largest absolute Gasteiger partial charge is 0.491 e. The van der Waals surface area contributed by atoms with Crippen LogP contribution in [0.5, 0.6) is 5.75 Å². The third-order valence-electron chi connectivity index (χ3n) is 2.44. The van der Waals surface area contributed by atoms with E-state index in [4.69, 9.17) is 16.3 Å². The van der Waals surface area contributed by atoms with Crippen molar-refractivity contribution in [2.24, 2.45) is 0 Å². The van der Waals surface area contributed by atoms with Gasteiger partial charge in [0.15, 0.2) is 0 Å². The zero-order valence-electron chi connectivity index (χ0n) is 11.3. The second kappa shape index (κ2) is 6.39. The van der Waals surface area contributed by atoms with Crippen LogP contribution in [-0.4, -0.2) is 17.0 Å². The first-order valence-electron chi connectivity index (χ1n) is 6.25. The molecule has 0 unspecified atom stereocenters. The van der Waals surface area contributed by atoms with Gasteiger partial charge in [0.05, 0.1) is 6.10 Å². The normalized spacial score (nSPS) is 10.4. The standard InChI is InChI=1S/C15H15ClN2O2/c1-10(2)20-12-8-6-11(7-9-12)15(19)18-14-5-3-4-13(16)17-14/h3-10H,1-2H3,(H,17,18,19). The second-order valence-corrected chi connectivity index (χ2v) is 4.88. The van der Waals surface area contributed by atoms with Crippen molar-refractivity contribution in [1.29, 1.82) is 0 Å². The van der Waals surface area contributed by atoms with Crippen molar-refractivity contribution in [2.75, 3.05) is 5.32 Å². The lowest BCUT2D eigenvalue weighted by Crippen LogP contribution is -2.13. The third-order valence-corrected chi connectivity index (χ3v) is 2.66. The topological polar surface area (TPSA) is 51.2 Å². The Hall–Kier alpha value is -2.07. The quantitative estimate of drug-likeness (QED) is 0.872. The number of amides is 1. The Morgan fingerprint density at radius 3 is 2.50 bits per heavy atom. The summed E-state index contributed by atoms with van der Waals surface area (Å²) in [7, 11) is 0. The fraction of sp³-hybridized carbons (Fsp3) is 0.200. The molecule has 0 aliphatic heterocycles. The maximum atomic E-state index is 12.0. The third kappa shape index (κ3) is 3.96. The molecule has 1 aromatic carbocycles. The average molecular weight is 291 g/mol. The van der Waals surface area contributed by atoms with Crippen LogP contribution in [0.25, 0.3) is 0 Å². The molecule has 0 radical (unpaired) electrons. The molecule has 0 saturated heterocycles. The van der Waals surface area contributed by atoms with Crippen LogP contribution in [0, 0.1) is 0 Å². The number of ether oxygens (including phenoxy) is 1. The van der Waals surface area contributed by atoms with Crippen LogP contribution < -0.4 is 10.1 Å². The van der Waals surface area contributed by atoms with Gasteiger partial charge in [0.25, 0.3) is 5.91 Å². The van der Waals surface area contributed by atoms with Crippen molar-refractivity contribution in [3.63, 3.8) is 0 Å². The van der Waals surface area contributed by atoms with Gasteiger partial charge in [-0.3, -0.25) is 4.79 Å². The van der Waals surface area contributed by atoms with Gasteiger partial charge in [0, 0.05) is 5.56 Å². The summed E-state index contributed by atoms with van der Waals surface area (Å²) in [6.45, 7) is 3.90. The summed E-state index contributed by atoms with van der Waals surface area (Å²) < 4.78 is 5.52. The predicted molar refractivity (Wildman–Crippen MR) is 79.4 cm³/mol. The van der Waals surface area contributed by atoms with E-state index in [1.54, 1.807) is 42.5 Å². The molecule has 5 heteroatoms. The van der Waals surface area contributed by atoms with Gasteiger partial charge in [0.1, 0.15) is 16.7 Å². The maximum absolute atomic E-state index is 12.0. The minimum absolute atomic E-state index is 0.102. The van der Waals surface area contributed by atoms with Crippen molar-refractivity contribution < 1.29 is 9.53 Å². The van der Waals surface area contributed by atoms with E-state index in [1.807, 2.05) is 13.8 Å². The van der Waals surface area contributed by atoms with E-state index in [9.17, 15) is 4.79 Å². The first-order chi connectivity index (χ1) is 9.54. The molecule has 2 rings (SSSR count). The van der Waals surface area contributed by atoms with Crippen LogP contribution in [0.4, 0.5) is 5.82 Å². The SMILES string of the molecule is CC(C)Oc1ccc(C(=O)Nc2cccc(Cl)n2)cc1. The van der Waals surface area contributed by atoms with Crippen LogP contribution in [0.15, 0.2) is 42.5 Å². The molecular formula is C15H15ClN2O2. The van der Waals surface area contributed by atoms with Crippen LogP contribution in [-0.2, 0) is 0 Å². The van der Waals surface area contributed by atoms with Crippen LogP contribution in [0.1, 0.15) is 24.2 Å². The Kier molecular flexibility index (Phi) is 4.58. The Morgan fingerprint density at radius 1 is 1.20 bits per heavy atom. The van der Waals surface area contributed by atoms with Gasteiger partial charge in [0.2, 0.25) is 0 Å². The number of aromatic nitrogens is 1. The molecule has 1 N–H and O–H groups in total. The van der Waals surface area contributed by atoms with Gasteiger partial charge in [-0.1, -0.05) is 17.7 Å². The van der Waals surface area contributed by atoms with Gasteiger partial charge in [-0.2, -0.15) is 0 Å². The van der Waals surface area contributed by atoms with Crippen molar-refractivity contribution in [1.82, 2.24) is 4.98 Å². The molecule has 1 amide bonds. The minimum atomic E-state index is -0.240. The number of benzene rings is 1. The smallest absolute Gasteiger partial charge is 0.256 e. The number of nitrogens with one attached hydrogen (secondary N) is 1. The van der Waals surface area contributed by atoms with E-state index < -0.39 is 0 Å². The summed E-state index contributed by atoms with van der Waals surface area (Å²) in [5.74, 6) is 0.915. The van der Waals surface area contributed by atoms with E-state index in [0.717, 1.165) is 5.75 Å². The molecule has 2 aromatic rings. The summed E-state index contributed by atoms with van der Waals surface area (Å²) in [4.78, 5) is 16.0. The number of pyridine rings is 1. The Balaban J connectivity index is 2.06. The summed E-state index contributed by atoms with van der Waals surface area (Å²) in [5.41, 5.74) is 0.530. The van der Waals surface area contributed by atoms with E-state index >= 15 is 0 Å². The molecule has 0 aliphatic rings. The molecule has 0 fully saturated rings. The molecule has 20 heavy (non-hydrogen) atoms. The molecule has 1 aromatic heterocycles. The monoisotopic (exact) mass is 290 g/mol. The zero-order valence-corrected chi connectivity index (χ0v) is 12.0. The van der Waals surface area contributed by atoms with Gasteiger partial charge in [-0.15, -0.1) is 0 Å². The van der Waals surface area contributed by atoms with Gasteiger partial charge < -0.3 is 10.1 Å². The van der Waals surface area contributed by atoms with Gasteiger partial charge >= 0.3 is 0 Å². The number of rotatable bonds is 4. The predicted octanol–water partition coefficient (Wildman–Crippen LogP) is 3.77.